The van der Waals surface area contributed by atoms with Gasteiger partial charge in [-0.2, -0.15) is 13.2 Å². The van der Waals surface area contributed by atoms with Crippen LogP contribution in [0, 0.1) is 5.82 Å². The molecule has 0 aliphatic rings. The van der Waals surface area contributed by atoms with Gasteiger partial charge in [0.05, 0.1) is 18.2 Å². The molecule has 0 saturated heterocycles. The molecule has 0 saturated carbocycles. The van der Waals surface area contributed by atoms with Gasteiger partial charge in [0, 0.05) is 5.56 Å². The molecule has 116 valence electrons. The lowest BCUT2D eigenvalue weighted by Gasteiger charge is -2.11. The minimum atomic E-state index is -4.67. The van der Waals surface area contributed by atoms with Crippen molar-refractivity contribution >= 4 is 5.97 Å². The zero-order valence-corrected chi connectivity index (χ0v) is 11.2. The maximum absolute atomic E-state index is 14.0. The van der Waals surface area contributed by atoms with Gasteiger partial charge in [-0.25, -0.2) is 9.18 Å². The zero-order chi connectivity index (χ0) is 16.5. The molecular formula is C15H10F4O3. The molecule has 2 aromatic carbocycles. The fourth-order valence-electron chi connectivity index (χ4n) is 1.92. The Morgan fingerprint density at radius 3 is 2.36 bits per heavy atom. The number of carbonyl (C=O) groups excluding carboxylic acids is 1. The maximum atomic E-state index is 14.0. The molecule has 0 aliphatic carbocycles. The van der Waals surface area contributed by atoms with E-state index in [0.717, 1.165) is 31.4 Å². The fraction of sp³-hybridized carbons (Fsp3) is 0.133. The van der Waals surface area contributed by atoms with Crippen molar-refractivity contribution in [3.8, 4) is 16.9 Å². The lowest BCUT2D eigenvalue weighted by Crippen LogP contribution is -2.05. The number of methoxy groups -OCH3 is 1. The van der Waals surface area contributed by atoms with Gasteiger partial charge >= 0.3 is 12.1 Å². The quantitative estimate of drug-likeness (QED) is 0.673. The summed E-state index contributed by atoms with van der Waals surface area (Å²) in [5.74, 6) is -2.31. The Bertz CT molecular complexity index is 723. The minimum absolute atomic E-state index is 0.0695. The summed E-state index contributed by atoms with van der Waals surface area (Å²) in [7, 11) is 1.12. The first kappa shape index (κ1) is 15.8. The molecule has 0 bridgehead atoms. The highest BCUT2D eigenvalue weighted by molar-refractivity contribution is 5.90. The third kappa shape index (κ3) is 3.19. The molecule has 0 aliphatic heterocycles. The molecule has 0 radical (unpaired) electrons. The standard InChI is InChI=1S/C15H10F4O3/c1-22-14(21)8-2-3-12(13(16)6-8)9-4-10(15(17,18)19)7-11(20)5-9/h2-7,20H,1H3. The van der Waals surface area contributed by atoms with E-state index >= 15 is 0 Å². The predicted octanol–water partition coefficient (Wildman–Crippen LogP) is 4.00. The van der Waals surface area contributed by atoms with Crippen LogP contribution in [-0.2, 0) is 10.9 Å². The molecule has 0 heterocycles. The predicted molar refractivity (Wildman–Crippen MR) is 69.8 cm³/mol. The highest BCUT2D eigenvalue weighted by atomic mass is 19.4. The van der Waals surface area contributed by atoms with Gasteiger partial charge in [-0.1, -0.05) is 6.07 Å². The van der Waals surface area contributed by atoms with Gasteiger partial charge in [-0.15, -0.1) is 0 Å². The van der Waals surface area contributed by atoms with E-state index in [9.17, 15) is 27.5 Å². The molecule has 0 unspecified atom stereocenters. The Morgan fingerprint density at radius 1 is 1.14 bits per heavy atom. The number of hydrogen-bond acceptors (Lipinski definition) is 3. The second-order valence-corrected chi connectivity index (χ2v) is 4.45. The summed E-state index contributed by atoms with van der Waals surface area (Å²) in [5, 5.41) is 9.39. The molecule has 22 heavy (non-hydrogen) atoms. The molecule has 0 fully saturated rings. The third-order valence-corrected chi connectivity index (χ3v) is 2.95. The molecule has 0 aromatic heterocycles. The van der Waals surface area contributed by atoms with Crippen molar-refractivity contribution in [2.45, 2.75) is 6.18 Å². The highest BCUT2D eigenvalue weighted by Gasteiger charge is 2.31. The normalized spacial score (nSPS) is 11.3. The Hall–Kier alpha value is -2.57. The van der Waals surface area contributed by atoms with Crippen molar-refractivity contribution in [3.05, 3.63) is 53.3 Å². The van der Waals surface area contributed by atoms with E-state index in [1.165, 1.54) is 6.07 Å². The molecular weight excluding hydrogens is 304 g/mol. The number of benzene rings is 2. The van der Waals surface area contributed by atoms with Crippen LogP contribution < -0.4 is 0 Å². The van der Waals surface area contributed by atoms with E-state index in [1.807, 2.05) is 0 Å². The minimum Gasteiger partial charge on any atom is -0.508 e. The van der Waals surface area contributed by atoms with E-state index < -0.39 is 29.3 Å². The van der Waals surface area contributed by atoms with Crippen LogP contribution in [0.3, 0.4) is 0 Å². The van der Waals surface area contributed by atoms with Crippen LogP contribution in [0.4, 0.5) is 17.6 Å². The SMILES string of the molecule is COC(=O)c1ccc(-c2cc(O)cc(C(F)(F)F)c2)c(F)c1. The van der Waals surface area contributed by atoms with Crippen LogP contribution in [0.2, 0.25) is 0 Å². The molecule has 0 atom stereocenters. The van der Waals surface area contributed by atoms with Gasteiger partial charge in [0.2, 0.25) is 0 Å². The molecule has 1 N–H and O–H groups in total. The fourth-order valence-corrected chi connectivity index (χ4v) is 1.92. The molecule has 0 amide bonds. The Kier molecular flexibility index (Phi) is 4.07. The number of hydrogen-bond donors (Lipinski definition) is 1. The van der Waals surface area contributed by atoms with Crippen LogP contribution in [0.1, 0.15) is 15.9 Å². The molecule has 2 aromatic rings. The monoisotopic (exact) mass is 314 g/mol. The number of carbonyl (C=O) groups is 1. The topological polar surface area (TPSA) is 46.5 Å². The zero-order valence-electron chi connectivity index (χ0n) is 11.2. The summed E-state index contributed by atoms with van der Waals surface area (Å²) in [6.45, 7) is 0. The number of phenolic OH excluding ortho intramolecular Hbond substituents is 1. The number of ether oxygens (including phenoxy) is 1. The van der Waals surface area contributed by atoms with Crippen molar-refractivity contribution < 1.29 is 32.2 Å². The summed E-state index contributed by atoms with van der Waals surface area (Å²) >= 11 is 0. The van der Waals surface area contributed by atoms with E-state index in [1.54, 1.807) is 0 Å². The summed E-state index contributed by atoms with van der Waals surface area (Å²) in [6.07, 6.45) is -4.67. The summed E-state index contributed by atoms with van der Waals surface area (Å²) in [4.78, 5) is 11.3. The summed E-state index contributed by atoms with van der Waals surface area (Å²) in [6, 6.07) is 5.50. The van der Waals surface area contributed by atoms with Gasteiger partial charge in [-0.05, 0) is 35.9 Å². The van der Waals surface area contributed by atoms with Crippen molar-refractivity contribution in [2.75, 3.05) is 7.11 Å². The number of rotatable bonds is 2. The van der Waals surface area contributed by atoms with Crippen LogP contribution in [0.5, 0.6) is 5.75 Å². The van der Waals surface area contributed by atoms with Crippen molar-refractivity contribution in [1.82, 2.24) is 0 Å². The summed E-state index contributed by atoms with van der Waals surface area (Å²) in [5.41, 5.74) is -1.49. The van der Waals surface area contributed by atoms with Crippen LogP contribution >= 0.6 is 0 Å². The Labute approximate surface area is 122 Å². The van der Waals surface area contributed by atoms with Gasteiger partial charge in [0.15, 0.2) is 0 Å². The number of aromatic hydroxyl groups is 1. The molecule has 7 heteroatoms. The van der Waals surface area contributed by atoms with Gasteiger partial charge in [0.25, 0.3) is 0 Å². The van der Waals surface area contributed by atoms with Crippen molar-refractivity contribution in [1.29, 1.82) is 0 Å². The lowest BCUT2D eigenvalue weighted by atomic mass is 10.0. The van der Waals surface area contributed by atoms with Crippen LogP contribution in [-0.4, -0.2) is 18.2 Å². The van der Waals surface area contributed by atoms with Crippen LogP contribution in [0.15, 0.2) is 36.4 Å². The van der Waals surface area contributed by atoms with E-state index in [-0.39, 0.29) is 16.7 Å². The summed E-state index contributed by atoms with van der Waals surface area (Å²) < 4.78 is 56.6. The maximum Gasteiger partial charge on any atom is 0.416 e. The van der Waals surface area contributed by atoms with E-state index in [2.05, 4.69) is 4.74 Å². The van der Waals surface area contributed by atoms with Gasteiger partial charge in [0.1, 0.15) is 11.6 Å². The average Bonchev–Trinajstić information content (AvgIpc) is 2.44. The third-order valence-electron chi connectivity index (χ3n) is 2.95. The molecule has 0 spiro atoms. The van der Waals surface area contributed by atoms with Gasteiger partial charge < -0.3 is 9.84 Å². The lowest BCUT2D eigenvalue weighted by molar-refractivity contribution is -0.137. The molecule has 3 nitrogen and oxygen atoms in total. The van der Waals surface area contributed by atoms with Crippen LogP contribution in [0.25, 0.3) is 11.1 Å². The first-order valence-electron chi connectivity index (χ1n) is 6.02. The number of esters is 1. The van der Waals surface area contributed by atoms with Crippen molar-refractivity contribution in [2.24, 2.45) is 0 Å². The Balaban J connectivity index is 2.53. The Morgan fingerprint density at radius 2 is 1.82 bits per heavy atom. The van der Waals surface area contributed by atoms with Gasteiger partial charge in [-0.3, -0.25) is 0 Å². The second kappa shape index (κ2) is 5.67. The second-order valence-electron chi connectivity index (χ2n) is 4.45. The first-order chi connectivity index (χ1) is 10.2. The number of alkyl halides is 3. The average molecular weight is 314 g/mol. The first-order valence-corrected chi connectivity index (χ1v) is 6.02. The van der Waals surface area contributed by atoms with E-state index in [0.29, 0.717) is 6.07 Å². The smallest absolute Gasteiger partial charge is 0.416 e. The highest BCUT2D eigenvalue weighted by Crippen LogP contribution is 2.36. The van der Waals surface area contributed by atoms with Crippen molar-refractivity contribution in [3.63, 3.8) is 0 Å². The number of halogens is 4. The largest absolute Gasteiger partial charge is 0.508 e. The van der Waals surface area contributed by atoms with E-state index in [4.69, 9.17) is 0 Å². The molecule has 2 rings (SSSR count). The number of phenols is 1.